The number of nitro groups is 2. The number of nitrogens with zero attached hydrogens (tertiary/aromatic N) is 6. The fourth-order valence-corrected chi connectivity index (χ4v) is 10.8. The maximum absolute atomic E-state index is 12.5. The summed E-state index contributed by atoms with van der Waals surface area (Å²) in [6.07, 6.45) is 0.859. The number of rotatable bonds is 28. The van der Waals surface area contributed by atoms with Crippen molar-refractivity contribution in [3.05, 3.63) is 300 Å². The second kappa shape index (κ2) is 52.6. The Morgan fingerprint density at radius 1 is 0.432 bits per heavy atom. The van der Waals surface area contributed by atoms with E-state index in [4.69, 9.17) is 107 Å². The number of hydrogen-bond acceptors (Lipinski definition) is 26. The number of aromatic amines is 3. The Bertz CT molecular complexity index is 5580. The van der Waals surface area contributed by atoms with E-state index >= 15 is 0 Å². The number of imidazole rings is 3. The number of nitrogen functional groups attached to an aromatic ring is 9. The SMILES string of the molecule is CC(=N)CC(C)=O.CC(=O)Cc1nc2ccc(C(=N)N)cc2[nH]1.CO.N=C(N)c1ccc(N)c(N)c1.N=C(N)c1ccc(N)c([N+](=O)[O-])c1.N=C(N)c1ccc2nc(CC(=O)NCc3ccc(CNCCNCc4ccc(CNC(=O)Cc5nc6ccc(C(=N)N)cc6[nH]5)cc4)cc3)[nH]c2c1.NCc1ccc(CN)cc1.[C-]#[N+]c1ccc(N)c([N+](=O)[O-])c1.[CH3-].[HH].[Pd]. The number of amides is 2. The molecular weight excluding hydrogens is 1690 g/mol. The largest absolute Gasteiger partial charge is 0.400 e. The summed E-state index contributed by atoms with van der Waals surface area (Å²) in [6, 6.07) is 53.0. The van der Waals surface area contributed by atoms with Crippen LogP contribution in [-0.4, -0.2) is 123 Å². The molecule has 36 N–H and O–H groups in total. The number of ketones is 2. The Hall–Kier alpha value is -15.4. The summed E-state index contributed by atoms with van der Waals surface area (Å²) < 4.78 is 0. The molecule has 2 amide bonds. The smallest absolute Gasteiger partial charge is 0.292 e. The summed E-state index contributed by atoms with van der Waals surface area (Å²) in [6.45, 7) is 16.4. The number of benzene rings is 9. The molecule has 0 saturated carbocycles. The van der Waals surface area contributed by atoms with Crippen LogP contribution >= 0.6 is 0 Å². The van der Waals surface area contributed by atoms with Gasteiger partial charge in [-0.2, -0.15) is 0 Å². The summed E-state index contributed by atoms with van der Waals surface area (Å²) >= 11 is 0. The zero-order valence-electron chi connectivity index (χ0n) is 69.4. The Labute approximate surface area is 735 Å². The van der Waals surface area contributed by atoms with E-state index in [0.29, 0.717) is 101 Å². The number of aliphatic hydroxyl groups excluding tert-OH is 1. The van der Waals surface area contributed by atoms with Crippen molar-refractivity contribution in [2.45, 2.75) is 85.7 Å². The van der Waals surface area contributed by atoms with Crippen LogP contribution in [-0.2, 0) is 98.1 Å². The minimum atomic E-state index is -0.609. The quantitative estimate of drug-likeness (QED) is 0.00325. The summed E-state index contributed by atoms with van der Waals surface area (Å²) in [5, 5.41) is 83.9. The van der Waals surface area contributed by atoms with Crippen LogP contribution in [0.2, 0.25) is 0 Å². The third-order valence-electron chi connectivity index (χ3n) is 17.0. The molecule has 0 spiro atoms. The minimum Gasteiger partial charge on any atom is -0.400 e. The molecule has 0 aliphatic heterocycles. The fourth-order valence-electron chi connectivity index (χ4n) is 10.8. The van der Waals surface area contributed by atoms with Crippen molar-refractivity contribution in [3.63, 3.8) is 0 Å². The molecule has 3 heterocycles. The number of hydrogen-bond donors (Lipinski definition) is 25. The van der Waals surface area contributed by atoms with Crippen LogP contribution in [0.25, 0.3) is 37.9 Å². The predicted octanol–water partition coefficient (Wildman–Crippen LogP) is 7.82. The number of aliphatic hydroxyl groups is 1. The molecule has 125 heavy (non-hydrogen) atoms. The summed E-state index contributed by atoms with van der Waals surface area (Å²) in [4.78, 5) is 91.1. The van der Waals surface area contributed by atoms with Gasteiger partial charge in [-0.05, 0) is 145 Å². The molecule has 3 aromatic heterocycles. The second-order valence-corrected chi connectivity index (χ2v) is 27.0. The third kappa shape index (κ3) is 35.9. The average molecular weight is 1800 g/mol. The van der Waals surface area contributed by atoms with Gasteiger partial charge in [0.25, 0.3) is 11.4 Å². The summed E-state index contributed by atoms with van der Waals surface area (Å²) in [5.41, 5.74) is 74.5. The zero-order chi connectivity index (χ0) is 91.0. The second-order valence-electron chi connectivity index (χ2n) is 27.0. The van der Waals surface area contributed by atoms with E-state index < -0.39 is 9.85 Å². The van der Waals surface area contributed by atoms with Crippen LogP contribution in [0.3, 0.4) is 0 Å². The Morgan fingerprint density at radius 3 is 1.04 bits per heavy atom. The van der Waals surface area contributed by atoms with Gasteiger partial charge in [0.05, 0.1) is 80.2 Å². The van der Waals surface area contributed by atoms with Crippen LogP contribution in [0.1, 0.15) is 107 Å². The third-order valence-corrected chi connectivity index (χ3v) is 17.0. The van der Waals surface area contributed by atoms with E-state index in [1.165, 1.54) is 44.2 Å². The van der Waals surface area contributed by atoms with E-state index in [-0.39, 0.29) is 123 Å². The van der Waals surface area contributed by atoms with Crippen LogP contribution in [0.15, 0.2) is 182 Å². The number of amidine groups is 5. The monoisotopic (exact) mass is 1800 g/mol. The predicted molar refractivity (Wildman–Crippen MR) is 489 cm³/mol. The van der Waals surface area contributed by atoms with Crippen LogP contribution in [0, 0.1) is 66.7 Å². The molecule has 0 aliphatic carbocycles. The molecule has 12 rings (SSSR count). The Balaban J connectivity index is 0.000000587. The Kier molecular flexibility index (Phi) is 43.7. The number of carbonyl (C=O) groups is 4. The van der Waals surface area contributed by atoms with E-state index in [1.807, 2.05) is 48.5 Å². The number of nitro benzene ring substituents is 2. The van der Waals surface area contributed by atoms with Gasteiger partial charge in [0.15, 0.2) is 5.69 Å². The van der Waals surface area contributed by atoms with Gasteiger partial charge in [-0.15, -0.1) is 0 Å². The maximum Gasteiger partial charge on any atom is 0.292 e. The molecule has 0 fully saturated rings. The Morgan fingerprint density at radius 2 is 0.736 bits per heavy atom. The first-order valence-electron chi connectivity index (χ1n) is 37.4. The number of Topliss-reactive ketones (excluding diaryl/α,β-unsaturated/α-hetero) is 2. The number of H-pyrrole nitrogens is 3. The molecule has 9 aromatic carbocycles. The zero-order valence-corrected chi connectivity index (χ0v) is 70.9. The fraction of sp³-hybridized carbons (Fsp3) is 0.188. The van der Waals surface area contributed by atoms with Gasteiger partial charge in [-0.1, -0.05) is 78.9 Å². The molecule has 40 heteroatoms. The molecular formula is C85H107N30O9Pd-. The first-order valence-corrected chi connectivity index (χ1v) is 37.4. The van der Waals surface area contributed by atoms with Crippen molar-refractivity contribution in [1.29, 1.82) is 32.5 Å². The van der Waals surface area contributed by atoms with Crippen molar-refractivity contribution < 1.29 is 56.0 Å². The van der Waals surface area contributed by atoms with E-state index in [0.717, 1.165) is 106 Å². The van der Waals surface area contributed by atoms with Gasteiger partial charge < -0.3 is 117 Å². The number of anilines is 4. The van der Waals surface area contributed by atoms with Crippen molar-refractivity contribution in [1.82, 2.24) is 51.2 Å². The topological polar surface area (TPSA) is 743 Å². The molecule has 0 aliphatic rings. The van der Waals surface area contributed by atoms with Gasteiger partial charge in [-0.25, -0.2) is 19.8 Å². The molecule has 0 radical (unpaired) electrons. The summed E-state index contributed by atoms with van der Waals surface area (Å²) in [7, 11) is 1.00. The molecule has 0 atom stereocenters. The van der Waals surface area contributed by atoms with Crippen molar-refractivity contribution in [3.8, 4) is 0 Å². The van der Waals surface area contributed by atoms with E-state index in [9.17, 15) is 39.4 Å². The minimum absolute atomic E-state index is 0. The maximum atomic E-state index is 12.5. The van der Waals surface area contributed by atoms with Crippen LogP contribution in [0.4, 0.5) is 39.8 Å². The number of nitrogens with two attached hydrogens (primary N) is 11. The number of aromatic nitrogens is 6. The van der Waals surface area contributed by atoms with E-state index in [2.05, 4.69) is 80.3 Å². The van der Waals surface area contributed by atoms with Gasteiger partial charge in [-0.3, -0.25) is 66.5 Å². The summed E-state index contributed by atoms with van der Waals surface area (Å²) in [5.74, 6) is 1.38. The normalized spacial score (nSPS) is 9.97. The average Bonchev–Trinajstić information content (AvgIpc) is 1.67. The van der Waals surface area contributed by atoms with Crippen molar-refractivity contribution >= 4 is 131 Å². The van der Waals surface area contributed by atoms with Crippen molar-refractivity contribution in [2.75, 3.05) is 43.1 Å². The first-order chi connectivity index (χ1) is 58.5. The molecule has 12 aromatic rings. The molecule has 0 unspecified atom stereocenters. The molecule has 39 nitrogen and oxygen atoms in total. The van der Waals surface area contributed by atoms with E-state index in [1.54, 1.807) is 79.7 Å². The van der Waals surface area contributed by atoms with Gasteiger partial charge in [0, 0.05) is 133 Å². The first kappa shape index (κ1) is 104. The molecule has 0 bridgehead atoms. The number of fused-ring (bicyclic) bond motifs is 3. The van der Waals surface area contributed by atoms with Gasteiger partial charge >= 0.3 is 0 Å². The van der Waals surface area contributed by atoms with Gasteiger partial charge in [0.2, 0.25) is 11.8 Å². The molecule has 0 saturated heterocycles. The van der Waals surface area contributed by atoms with Crippen molar-refractivity contribution in [2.24, 2.45) is 40.1 Å². The van der Waals surface area contributed by atoms with Gasteiger partial charge in [0.1, 0.15) is 69.6 Å². The molecule has 662 valence electrons. The van der Waals surface area contributed by atoms with Crippen LogP contribution in [0.5, 0.6) is 0 Å². The number of carbonyl (C=O) groups excluding carboxylic acids is 4. The standard InChI is InChI=1S/C38H42N12O2.C11H12N4O.C8H12N2.C7H8N4O2.C7H10N4.C7H5N3O2.C5H9NO.CH4O.CH3.Pd.H2/c39-37(40)27-9-11-29-31(15-27)49-33(47-29)17-35(51)45-21-25-5-1-23(2-6-25)19-43-13-14-44-20-24-3-7-26(8-4-24)22-46-36(52)18-34-48-30-12-10-28(38(41)42)16-32(30)50-34;1-6(16)4-10-14-8-3-2-7(11(12)13)5-9(8)15-10;9-5-7-1-2-8(6-10)4-3-7;8-5-2-1-4(7(9)10)3-6(5)11(12)13;8-5-2-1-4(7(10)11)3-6(5)9;1-9-5-2-3-6(8)7(4-5)10(11)12;1-4(6)3-5(2)7;1-2;;;/h1-12,15-16,43-44H,13-14,17-22H2,(H3,39,40)(H3,41,42)(H,45,51)(H,46,52)(H,47,49)(H,48,50);2-3,5H,4H2,1H3,(H3,12,13)(H,14,15);1-4H,5-6,9-10H2;1-3H,8H2,(H3,9,10);1-3H,8-9H2,(H3,10,11);2-4H,8H2;6H,3H2,1-2H3;2H,1H3;1H3;;1H/q;;;;;;;;-1;;. The van der Waals surface area contributed by atoms with Crippen LogP contribution < -0.4 is 84.3 Å². The number of nitrogens with one attached hydrogen (secondary N) is 13.